The van der Waals surface area contributed by atoms with Crippen LogP contribution in [0.25, 0.3) is 10.8 Å². The Bertz CT molecular complexity index is 637. The molecule has 4 heteroatoms. The highest BCUT2D eigenvalue weighted by Gasteiger charge is 2.14. The number of carbonyl (C=O) groups excluding carboxylic acids is 1. The molecule has 0 heterocycles. The molecule has 0 spiro atoms. The van der Waals surface area contributed by atoms with E-state index in [1.54, 1.807) is 0 Å². The summed E-state index contributed by atoms with van der Waals surface area (Å²) in [5.41, 5.74) is 1.77. The molecule has 21 heavy (non-hydrogen) atoms. The van der Waals surface area contributed by atoms with Crippen LogP contribution in [0.15, 0.2) is 30.3 Å². The summed E-state index contributed by atoms with van der Waals surface area (Å²) in [6.07, 6.45) is 1.97. The van der Waals surface area contributed by atoms with Gasteiger partial charge in [0.1, 0.15) is 0 Å². The van der Waals surface area contributed by atoms with Crippen LogP contribution in [0.2, 0.25) is 5.02 Å². The second-order valence-electron chi connectivity index (χ2n) is 5.01. The number of halogens is 1. The molecule has 2 aromatic rings. The first-order valence-corrected chi connectivity index (χ1v) is 7.50. The van der Waals surface area contributed by atoms with Gasteiger partial charge in [-0.2, -0.15) is 4.89 Å². The molecule has 0 N–H and O–H groups in total. The summed E-state index contributed by atoms with van der Waals surface area (Å²) in [6, 6.07) is 9.88. The third-order valence-corrected chi connectivity index (χ3v) is 3.80. The number of hydrogen-bond acceptors (Lipinski definition) is 3. The predicted octanol–water partition coefficient (Wildman–Crippen LogP) is 4.62. The van der Waals surface area contributed by atoms with Crippen LogP contribution in [0.4, 0.5) is 0 Å². The van der Waals surface area contributed by atoms with Gasteiger partial charge in [0.15, 0.2) is 0 Å². The smallest absolute Gasteiger partial charge is 0.298 e. The number of fused-ring (bicyclic) bond motifs is 1. The third-order valence-electron chi connectivity index (χ3n) is 3.36. The number of unbranched alkanes of at least 4 members (excludes halogenated alkanes) is 1. The number of carbonyl (C=O) groups is 1. The van der Waals surface area contributed by atoms with Crippen LogP contribution in [0, 0.1) is 6.92 Å². The maximum atomic E-state index is 11.8. The van der Waals surface area contributed by atoms with Crippen LogP contribution in [-0.4, -0.2) is 12.6 Å². The van der Waals surface area contributed by atoms with Gasteiger partial charge in [0, 0.05) is 5.39 Å². The monoisotopic (exact) mass is 306 g/mol. The Labute approximate surface area is 129 Å². The van der Waals surface area contributed by atoms with E-state index in [2.05, 4.69) is 0 Å². The molecule has 2 rings (SSSR count). The summed E-state index contributed by atoms with van der Waals surface area (Å²) in [4.78, 5) is 21.5. The minimum absolute atomic E-state index is 0.113. The van der Waals surface area contributed by atoms with Gasteiger partial charge in [-0.25, -0.2) is 4.79 Å². The maximum absolute atomic E-state index is 11.8. The molecule has 2 aromatic carbocycles. The van der Waals surface area contributed by atoms with Crippen LogP contribution in [0.1, 0.15) is 30.9 Å². The van der Waals surface area contributed by atoms with Gasteiger partial charge in [-0.3, -0.25) is 4.89 Å². The van der Waals surface area contributed by atoms with Gasteiger partial charge in [-0.1, -0.05) is 55.3 Å². The molecule has 0 aliphatic heterocycles. The van der Waals surface area contributed by atoms with Crippen LogP contribution in [0.5, 0.6) is 0 Å². The molecule has 0 aliphatic carbocycles. The molecular formula is C17H19ClO3. The minimum Gasteiger partial charge on any atom is -0.298 e. The Morgan fingerprint density at radius 3 is 2.81 bits per heavy atom. The zero-order valence-electron chi connectivity index (χ0n) is 12.3. The molecule has 0 saturated heterocycles. The highest BCUT2D eigenvalue weighted by atomic mass is 35.5. The Morgan fingerprint density at radius 1 is 1.29 bits per heavy atom. The second kappa shape index (κ2) is 7.43. The average Bonchev–Trinajstić information content (AvgIpc) is 2.48. The Balaban J connectivity index is 2.13. The molecule has 0 amide bonds. The number of rotatable bonds is 6. The van der Waals surface area contributed by atoms with Gasteiger partial charge in [0.25, 0.3) is 0 Å². The van der Waals surface area contributed by atoms with E-state index < -0.39 is 5.97 Å². The van der Waals surface area contributed by atoms with Crippen molar-refractivity contribution in [2.24, 2.45) is 0 Å². The molecule has 0 radical (unpaired) electrons. The summed E-state index contributed by atoms with van der Waals surface area (Å²) in [6.45, 7) is 4.41. The van der Waals surface area contributed by atoms with E-state index in [9.17, 15) is 4.79 Å². The first-order chi connectivity index (χ1) is 10.1. The predicted molar refractivity (Wildman–Crippen MR) is 84.4 cm³/mol. The van der Waals surface area contributed by atoms with Crippen LogP contribution in [0.3, 0.4) is 0 Å². The zero-order valence-corrected chi connectivity index (χ0v) is 13.1. The van der Waals surface area contributed by atoms with E-state index >= 15 is 0 Å². The van der Waals surface area contributed by atoms with E-state index in [0.717, 1.165) is 34.7 Å². The summed E-state index contributed by atoms with van der Waals surface area (Å²) in [7, 11) is 0. The van der Waals surface area contributed by atoms with Crippen LogP contribution < -0.4 is 0 Å². The molecule has 0 atom stereocenters. The quantitative estimate of drug-likeness (QED) is 0.444. The first-order valence-electron chi connectivity index (χ1n) is 7.12. The largest absolute Gasteiger partial charge is 0.346 e. The van der Waals surface area contributed by atoms with E-state index in [-0.39, 0.29) is 6.42 Å². The van der Waals surface area contributed by atoms with Gasteiger partial charge in [0.2, 0.25) is 0 Å². The van der Waals surface area contributed by atoms with Crippen molar-refractivity contribution >= 4 is 28.3 Å². The van der Waals surface area contributed by atoms with Crippen molar-refractivity contribution in [3.63, 3.8) is 0 Å². The minimum atomic E-state index is -0.425. The van der Waals surface area contributed by atoms with Crippen molar-refractivity contribution in [1.82, 2.24) is 0 Å². The lowest BCUT2D eigenvalue weighted by Gasteiger charge is -2.11. The molecular weight excluding hydrogens is 288 g/mol. The van der Waals surface area contributed by atoms with Crippen molar-refractivity contribution in [2.75, 3.05) is 6.61 Å². The van der Waals surface area contributed by atoms with Gasteiger partial charge < -0.3 is 0 Å². The van der Waals surface area contributed by atoms with Crippen molar-refractivity contribution in [1.29, 1.82) is 0 Å². The topological polar surface area (TPSA) is 35.5 Å². The molecule has 0 bridgehead atoms. The van der Waals surface area contributed by atoms with Crippen molar-refractivity contribution in [3.05, 3.63) is 46.5 Å². The SMILES string of the molecule is CCCCOOC(=O)Cc1c(C)cc2ccccc2c1Cl. The summed E-state index contributed by atoms with van der Waals surface area (Å²) in [5.74, 6) is -0.425. The molecule has 112 valence electrons. The van der Waals surface area contributed by atoms with Crippen LogP contribution in [-0.2, 0) is 21.0 Å². The molecule has 0 aromatic heterocycles. The first kappa shape index (κ1) is 15.8. The van der Waals surface area contributed by atoms with Crippen LogP contribution >= 0.6 is 11.6 Å². The van der Waals surface area contributed by atoms with Gasteiger partial charge in [-0.15, -0.1) is 0 Å². The standard InChI is InChI=1S/C17H19ClO3/c1-3-4-9-20-21-16(19)11-15-12(2)10-13-7-5-6-8-14(13)17(15)18/h5-8,10H,3-4,9,11H2,1-2H3. The highest BCUT2D eigenvalue weighted by Crippen LogP contribution is 2.30. The van der Waals surface area contributed by atoms with Crippen molar-refractivity contribution in [3.8, 4) is 0 Å². The summed E-state index contributed by atoms with van der Waals surface area (Å²) < 4.78 is 0. The fourth-order valence-electron chi connectivity index (χ4n) is 2.18. The molecule has 0 unspecified atom stereocenters. The maximum Gasteiger partial charge on any atom is 0.346 e. The van der Waals surface area contributed by atoms with Gasteiger partial charge >= 0.3 is 5.97 Å². The number of hydrogen-bond donors (Lipinski definition) is 0. The van der Waals surface area contributed by atoms with E-state index in [1.165, 1.54) is 0 Å². The molecule has 3 nitrogen and oxygen atoms in total. The number of benzene rings is 2. The fraction of sp³-hybridized carbons (Fsp3) is 0.353. The summed E-state index contributed by atoms with van der Waals surface area (Å²) in [5, 5.41) is 2.62. The Hall–Kier alpha value is -1.58. The van der Waals surface area contributed by atoms with E-state index in [0.29, 0.717) is 11.6 Å². The lowest BCUT2D eigenvalue weighted by atomic mass is 9.99. The fourth-order valence-corrected chi connectivity index (χ4v) is 2.57. The lowest BCUT2D eigenvalue weighted by molar-refractivity contribution is -0.272. The van der Waals surface area contributed by atoms with Crippen molar-refractivity contribution in [2.45, 2.75) is 33.1 Å². The van der Waals surface area contributed by atoms with E-state index in [1.807, 2.05) is 44.2 Å². The molecule has 0 aliphatic rings. The third kappa shape index (κ3) is 3.96. The number of aryl methyl sites for hydroxylation is 1. The van der Waals surface area contributed by atoms with Crippen molar-refractivity contribution < 1.29 is 14.6 Å². The van der Waals surface area contributed by atoms with Gasteiger partial charge in [-0.05, 0) is 29.9 Å². The van der Waals surface area contributed by atoms with E-state index in [4.69, 9.17) is 21.4 Å². The highest BCUT2D eigenvalue weighted by molar-refractivity contribution is 6.36. The average molecular weight is 307 g/mol. The Kier molecular flexibility index (Phi) is 5.59. The zero-order chi connectivity index (χ0) is 15.2. The normalized spacial score (nSPS) is 10.8. The molecule has 0 saturated carbocycles. The lowest BCUT2D eigenvalue weighted by Crippen LogP contribution is -2.10. The summed E-state index contributed by atoms with van der Waals surface area (Å²) >= 11 is 6.43. The van der Waals surface area contributed by atoms with Gasteiger partial charge in [0.05, 0.1) is 18.1 Å². The second-order valence-corrected chi connectivity index (χ2v) is 5.39. The molecule has 0 fully saturated rings. The Morgan fingerprint density at radius 2 is 2.05 bits per heavy atom.